The lowest BCUT2D eigenvalue weighted by Gasteiger charge is -2.22. The van der Waals surface area contributed by atoms with Gasteiger partial charge in [0.25, 0.3) is 0 Å². The van der Waals surface area contributed by atoms with Crippen molar-refractivity contribution in [2.45, 2.75) is 25.3 Å². The van der Waals surface area contributed by atoms with Crippen molar-refractivity contribution in [3.05, 3.63) is 22.2 Å². The number of carboxylic acid groups (broad SMARTS) is 1. The molecule has 3 rings (SSSR count). The minimum atomic E-state index is -0.985. The Morgan fingerprint density at radius 2 is 1.86 bits per heavy atom. The van der Waals surface area contributed by atoms with E-state index >= 15 is 0 Å². The lowest BCUT2D eigenvalue weighted by molar-refractivity contribution is -0.144. The Balaban J connectivity index is 1.76. The average Bonchev–Trinajstić information content (AvgIpc) is 3.29. The van der Waals surface area contributed by atoms with E-state index in [0.29, 0.717) is 24.7 Å². The van der Waals surface area contributed by atoms with Crippen LogP contribution >= 0.6 is 15.9 Å². The van der Waals surface area contributed by atoms with Crippen molar-refractivity contribution in [2.75, 3.05) is 19.8 Å². The molecule has 22 heavy (non-hydrogen) atoms. The number of rotatable bonds is 5. The van der Waals surface area contributed by atoms with Crippen LogP contribution in [0.15, 0.2) is 16.6 Å². The van der Waals surface area contributed by atoms with E-state index in [1.807, 2.05) is 0 Å². The first kappa shape index (κ1) is 15.1. The molecule has 0 bridgehead atoms. The molecule has 118 valence electrons. The van der Waals surface area contributed by atoms with Crippen LogP contribution in [0.1, 0.15) is 18.4 Å². The molecule has 0 unspecified atom stereocenters. The summed E-state index contributed by atoms with van der Waals surface area (Å²) in [5.74, 6) is 0.108. The van der Waals surface area contributed by atoms with E-state index in [0.717, 1.165) is 22.9 Å². The molecular formula is C15H16BrNO5. The first-order chi connectivity index (χ1) is 10.5. The van der Waals surface area contributed by atoms with Crippen LogP contribution in [0.5, 0.6) is 11.5 Å². The van der Waals surface area contributed by atoms with Crippen LogP contribution in [0.25, 0.3) is 0 Å². The Hall–Kier alpha value is -1.76. The highest BCUT2D eigenvalue weighted by Gasteiger charge is 2.34. The smallest absolute Gasteiger partial charge is 0.323 e. The summed E-state index contributed by atoms with van der Waals surface area (Å²) in [6.07, 6.45) is 1.89. The molecule has 6 nitrogen and oxygen atoms in total. The summed E-state index contributed by atoms with van der Waals surface area (Å²) in [7, 11) is 0. The molecule has 1 aromatic rings. The maximum atomic E-state index is 12.4. The SMILES string of the molecule is O=C(O)CN(C(=O)Cc1cc2c(cc1Br)OCCO2)C1CC1. The Kier molecular flexibility index (Phi) is 4.24. The number of hydrogen-bond acceptors (Lipinski definition) is 4. The monoisotopic (exact) mass is 369 g/mol. The maximum absolute atomic E-state index is 12.4. The van der Waals surface area contributed by atoms with Gasteiger partial charge >= 0.3 is 5.97 Å². The molecule has 1 heterocycles. The number of carbonyl (C=O) groups is 2. The normalized spacial score (nSPS) is 16.2. The molecule has 0 atom stereocenters. The standard InChI is InChI=1S/C15H16BrNO5/c16-11-7-13-12(21-3-4-22-13)5-9(11)6-14(18)17(8-15(19)20)10-1-2-10/h5,7,10H,1-4,6,8H2,(H,19,20). The van der Waals surface area contributed by atoms with Gasteiger partial charge in [-0.3, -0.25) is 9.59 Å². The van der Waals surface area contributed by atoms with E-state index in [2.05, 4.69) is 15.9 Å². The number of nitrogens with zero attached hydrogens (tertiary/aromatic N) is 1. The second kappa shape index (κ2) is 6.16. The third-order valence-electron chi connectivity index (χ3n) is 3.67. The van der Waals surface area contributed by atoms with Gasteiger partial charge in [-0.2, -0.15) is 0 Å². The second-order valence-corrected chi connectivity index (χ2v) is 6.26. The molecule has 0 saturated heterocycles. The van der Waals surface area contributed by atoms with E-state index in [9.17, 15) is 9.59 Å². The zero-order chi connectivity index (χ0) is 15.7. The summed E-state index contributed by atoms with van der Waals surface area (Å²) in [4.78, 5) is 24.8. The number of halogens is 1. The molecular weight excluding hydrogens is 354 g/mol. The molecule has 0 aromatic heterocycles. The Morgan fingerprint density at radius 1 is 1.23 bits per heavy atom. The number of aliphatic carboxylic acids is 1. The summed E-state index contributed by atoms with van der Waals surface area (Å²) in [5, 5.41) is 8.95. The van der Waals surface area contributed by atoms with Crippen molar-refractivity contribution in [3.63, 3.8) is 0 Å². The van der Waals surface area contributed by atoms with Crippen molar-refractivity contribution in [1.82, 2.24) is 4.90 Å². The third kappa shape index (κ3) is 3.35. The summed E-state index contributed by atoms with van der Waals surface area (Å²) >= 11 is 3.43. The fraction of sp³-hybridized carbons (Fsp3) is 0.467. The van der Waals surface area contributed by atoms with Crippen LogP contribution in [0.3, 0.4) is 0 Å². The van der Waals surface area contributed by atoms with Gasteiger partial charge in [0.05, 0.1) is 6.42 Å². The molecule has 2 aliphatic rings. The van der Waals surface area contributed by atoms with Crippen LogP contribution in [-0.4, -0.2) is 47.7 Å². The van der Waals surface area contributed by atoms with Crippen molar-refractivity contribution in [1.29, 1.82) is 0 Å². The number of carboxylic acids is 1. The van der Waals surface area contributed by atoms with Crippen molar-refractivity contribution >= 4 is 27.8 Å². The molecule has 0 radical (unpaired) electrons. The molecule has 1 aliphatic heterocycles. The van der Waals surface area contributed by atoms with Crippen molar-refractivity contribution < 1.29 is 24.2 Å². The minimum Gasteiger partial charge on any atom is -0.486 e. The second-order valence-electron chi connectivity index (χ2n) is 5.41. The van der Waals surface area contributed by atoms with Gasteiger partial charge in [0.15, 0.2) is 11.5 Å². The zero-order valence-corrected chi connectivity index (χ0v) is 13.5. The molecule has 1 amide bonds. The Morgan fingerprint density at radius 3 is 2.45 bits per heavy atom. The van der Waals surface area contributed by atoms with Gasteiger partial charge in [-0.1, -0.05) is 15.9 Å². The summed E-state index contributed by atoms with van der Waals surface area (Å²) in [6, 6.07) is 3.64. The van der Waals surface area contributed by atoms with Gasteiger partial charge in [0.1, 0.15) is 19.8 Å². The molecule has 0 spiro atoms. The number of amides is 1. The van der Waals surface area contributed by atoms with Crippen LogP contribution in [0.2, 0.25) is 0 Å². The van der Waals surface area contributed by atoms with E-state index in [4.69, 9.17) is 14.6 Å². The van der Waals surface area contributed by atoms with Crippen LogP contribution < -0.4 is 9.47 Å². The van der Waals surface area contributed by atoms with Crippen LogP contribution in [-0.2, 0) is 16.0 Å². The fourth-order valence-corrected chi connectivity index (χ4v) is 2.92. The summed E-state index contributed by atoms with van der Waals surface area (Å²) in [6.45, 7) is 0.743. The van der Waals surface area contributed by atoms with Gasteiger partial charge < -0.3 is 19.5 Å². The Labute approximate surface area is 136 Å². The maximum Gasteiger partial charge on any atom is 0.323 e. The molecule has 1 N–H and O–H groups in total. The van der Waals surface area contributed by atoms with E-state index in [1.165, 1.54) is 4.90 Å². The molecule has 1 saturated carbocycles. The fourth-order valence-electron chi connectivity index (χ4n) is 2.46. The van der Waals surface area contributed by atoms with Gasteiger partial charge in [-0.25, -0.2) is 0 Å². The highest BCUT2D eigenvalue weighted by molar-refractivity contribution is 9.10. The first-order valence-corrected chi connectivity index (χ1v) is 7.93. The van der Waals surface area contributed by atoms with E-state index in [-0.39, 0.29) is 24.9 Å². The summed E-state index contributed by atoms with van der Waals surface area (Å²) in [5.41, 5.74) is 0.769. The number of benzene rings is 1. The van der Waals surface area contributed by atoms with Gasteiger partial charge in [0, 0.05) is 10.5 Å². The molecule has 1 fully saturated rings. The highest BCUT2D eigenvalue weighted by Crippen LogP contribution is 2.36. The number of fused-ring (bicyclic) bond motifs is 1. The summed E-state index contributed by atoms with van der Waals surface area (Å²) < 4.78 is 11.8. The van der Waals surface area contributed by atoms with Crippen LogP contribution in [0, 0.1) is 0 Å². The topological polar surface area (TPSA) is 76.1 Å². The minimum absolute atomic E-state index is 0.0691. The van der Waals surface area contributed by atoms with Crippen molar-refractivity contribution in [3.8, 4) is 11.5 Å². The quantitative estimate of drug-likeness (QED) is 0.856. The predicted octanol–water partition coefficient (Wildman–Crippen LogP) is 1.84. The van der Waals surface area contributed by atoms with Gasteiger partial charge in [-0.05, 0) is 30.5 Å². The molecule has 1 aliphatic carbocycles. The van der Waals surface area contributed by atoms with E-state index < -0.39 is 5.97 Å². The third-order valence-corrected chi connectivity index (χ3v) is 4.40. The van der Waals surface area contributed by atoms with Gasteiger partial charge in [0.2, 0.25) is 5.91 Å². The van der Waals surface area contributed by atoms with Gasteiger partial charge in [-0.15, -0.1) is 0 Å². The average molecular weight is 370 g/mol. The van der Waals surface area contributed by atoms with Crippen molar-refractivity contribution in [2.24, 2.45) is 0 Å². The zero-order valence-electron chi connectivity index (χ0n) is 11.9. The lowest BCUT2D eigenvalue weighted by Crippen LogP contribution is -2.38. The highest BCUT2D eigenvalue weighted by atomic mass is 79.9. The molecule has 7 heteroatoms. The first-order valence-electron chi connectivity index (χ1n) is 7.14. The number of hydrogen-bond donors (Lipinski definition) is 1. The molecule has 1 aromatic carbocycles. The van der Waals surface area contributed by atoms with Crippen LogP contribution in [0.4, 0.5) is 0 Å². The number of carbonyl (C=O) groups excluding carboxylic acids is 1. The largest absolute Gasteiger partial charge is 0.486 e. The number of ether oxygens (including phenoxy) is 2. The van der Waals surface area contributed by atoms with E-state index in [1.54, 1.807) is 12.1 Å². The lowest BCUT2D eigenvalue weighted by atomic mass is 10.1. The Bertz CT molecular complexity index is 614. The predicted molar refractivity (Wildman–Crippen MR) is 81.2 cm³/mol.